The smallest absolute Gasteiger partial charge is 0.220 e. The molecule has 132 valence electrons. The van der Waals surface area contributed by atoms with Crippen LogP contribution in [0.4, 0.5) is 5.82 Å². The number of nitrogens with zero attached hydrogens (tertiary/aromatic N) is 3. The standard InChI is InChI=1S/C18H29N5O/c1-14(15-6-9-19-10-7-15)12-18(24)20-13-16-4-3-11-23(16)17-5-2-8-21-22-17/h2,5,8,14-16,19H,3-4,6-7,9-13H2,1H3,(H,20,24). The van der Waals surface area contributed by atoms with Gasteiger partial charge in [-0.15, -0.1) is 5.10 Å². The molecule has 6 nitrogen and oxygen atoms in total. The van der Waals surface area contributed by atoms with E-state index in [1.54, 1.807) is 6.20 Å². The minimum absolute atomic E-state index is 0.187. The maximum absolute atomic E-state index is 12.3. The number of piperidine rings is 1. The summed E-state index contributed by atoms with van der Waals surface area (Å²) in [6.07, 6.45) is 6.96. The van der Waals surface area contributed by atoms with E-state index in [4.69, 9.17) is 0 Å². The fourth-order valence-corrected chi connectivity index (χ4v) is 3.97. The van der Waals surface area contributed by atoms with E-state index < -0.39 is 0 Å². The molecule has 0 saturated carbocycles. The van der Waals surface area contributed by atoms with Gasteiger partial charge in [0.25, 0.3) is 0 Å². The quantitative estimate of drug-likeness (QED) is 0.828. The average Bonchev–Trinajstić information content (AvgIpc) is 3.10. The van der Waals surface area contributed by atoms with Gasteiger partial charge in [0.1, 0.15) is 0 Å². The number of carbonyl (C=O) groups is 1. The highest BCUT2D eigenvalue weighted by Crippen LogP contribution is 2.25. The third kappa shape index (κ3) is 4.44. The molecule has 1 aromatic rings. The van der Waals surface area contributed by atoms with Crippen LogP contribution in [0.3, 0.4) is 0 Å². The number of amides is 1. The number of nitrogens with one attached hydrogen (secondary N) is 2. The highest BCUT2D eigenvalue weighted by atomic mass is 16.1. The van der Waals surface area contributed by atoms with Crippen LogP contribution in [0, 0.1) is 11.8 Å². The minimum Gasteiger partial charge on any atom is -0.354 e. The highest BCUT2D eigenvalue weighted by Gasteiger charge is 2.27. The first-order chi connectivity index (χ1) is 11.7. The predicted molar refractivity (Wildman–Crippen MR) is 94.8 cm³/mol. The molecule has 0 spiro atoms. The van der Waals surface area contributed by atoms with Gasteiger partial charge in [0, 0.05) is 31.7 Å². The van der Waals surface area contributed by atoms with Gasteiger partial charge in [0.15, 0.2) is 5.82 Å². The molecule has 0 aliphatic carbocycles. The summed E-state index contributed by atoms with van der Waals surface area (Å²) in [5.41, 5.74) is 0. The van der Waals surface area contributed by atoms with Crippen LogP contribution in [0.25, 0.3) is 0 Å². The van der Waals surface area contributed by atoms with Crippen LogP contribution in [-0.4, -0.2) is 48.3 Å². The summed E-state index contributed by atoms with van der Waals surface area (Å²) in [6, 6.07) is 4.24. The zero-order valence-electron chi connectivity index (χ0n) is 14.6. The summed E-state index contributed by atoms with van der Waals surface area (Å²) < 4.78 is 0. The summed E-state index contributed by atoms with van der Waals surface area (Å²) in [6.45, 7) is 6.09. The molecule has 0 radical (unpaired) electrons. The van der Waals surface area contributed by atoms with Crippen molar-refractivity contribution in [3.63, 3.8) is 0 Å². The SMILES string of the molecule is CC(CC(=O)NCC1CCCN1c1cccnn1)C1CCNCC1. The molecule has 0 bridgehead atoms. The second-order valence-corrected chi connectivity index (χ2v) is 7.14. The lowest BCUT2D eigenvalue weighted by atomic mass is 9.84. The summed E-state index contributed by atoms with van der Waals surface area (Å²) in [5, 5.41) is 14.7. The molecule has 24 heavy (non-hydrogen) atoms. The Balaban J connectivity index is 1.45. The van der Waals surface area contributed by atoms with Gasteiger partial charge in [0.2, 0.25) is 5.91 Å². The minimum atomic E-state index is 0.187. The van der Waals surface area contributed by atoms with Gasteiger partial charge >= 0.3 is 0 Å². The number of anilines is 1. The van der Waals surface area contributed by atoms with Crippen molar-refractivity contribution in [2.75, 3.05) is 31.1 Å². The molecule has 2 N–H and O–H groups in total. The third-order valence-corrected chi connectivity index (χ3v) is 5.46. The van der Waals surface area contributed by atoms with Gasteiger partial charge in [-0.05, 0) is 62.7 Å². The monoisotopic (exact) mass is 331 g/mol. The lowest BCUT2D eigenvalue weighted by Gasteiger charge is -2.28. The van der Waals surface area contributed by atoms with Crippen LogP contribution >= 0.6 is 0 Å². The van der Waals surface area contributed by atoms with E-state index in [9.17, 15) is 4.79 Å². The average molecular weight is 331 g/mol. The number of rotatable bonds is 6. The Morgan fingerprint density at radius 3 is 3.00 bits per heavy atom. The van der Waals surface area contributed by atoms with Gasteiger partial charge in [-0.25, -0.2) is 0 Å². The predicted octanol–water partition coefficient (Wildman–Crippen LogP) is 1.59. The fourth-order valence-electron chi connectivity index (χ4n) is 3.97. The lowest BCUT2D eigenvalue weighted by molar-refractivity contribution is -0.122. The van der Waals surface area contributed by atoms with Crippen molar-refractivity contribution >= 4 is 11.7 Å². The van der Waals surface area contributed by atoms with Gasteiger partial charge in [-0.2, -0.15) is 5.10 Å². The first kappa shape index (κ1) is 17.1. The maximum atomic E-state index is 12.3. The van der Waals surface area contributed by atoms with Crippen LogP contribution < -0.4 is 15.5 Å². The van der Waals surface area contributed by atoms with Gasteiger partial charge < -0.3 is 15.5 Å². The van der Waals surface area contributed by atoms with E-state index in [0.717, 1.165) is 38.3 Å². The summed E-state index contributed by atoms with van der Waals surface area (Å²) in [7, 11) is 0. The van der Waals surface area contributed by atoms with Crippen LogP contribution in [0.1, 0.15) is 39.0 Å². The van der Waals surface area contributed by atoms with Crippen LogP contribution in [0.5, 0.6) is 0 Å². The summed E-state index contributed by atoms with van der Waals surface area (Å²) in [5.74, 6) is 2.25. The molecule has 2 saturated heterocycles. The molecule has 2 aliphatic heterocycles. The number of hydrogen-bond donors (Lipinski definition) is 2. The molecular formula is C18H29N5O. The Labute approximate surface area is 144 Å². The van der Waals surface area contributed by atoms with E-state index in [-0.39, 0.29) is 5.91 Å². The van der Waals surface area contributed by atoms with Gasteiger partial charge in [0.05, 0.1) is 0 Å². The Kier molecular flexibility index (Phi) is 6.01. The van der Waals surface area contributed by atoms with Crippen molar-refractivity contribution in [1.29, 1.82) is 0 Å². The molecule has 2 aliphatic rings. The molecule has 3 heterocycles. The molecule has 3 rings (SSSR count). The van der Waals surface area contributed by atoms with Crippen molar-refractivity contribution in [1.82, 2.24) is 20.8 Å². The largest absolute Gasteiger partial charge is 0.354 e. The maximum Gasteiger partial charge on any atom is 0.220 e. The molecule has 2 unspecified atom stereocenters. The number of aromatic nitrogens is 2. The van der Waals surface area contributed by atoms with Crippen LogP contribution in [0.2, 0.25) is 0 Å². The fraction of sp³-hybridized carbons (Fsp3) is 0.722. The Bertz CT molecular complexity index is 517. The van der Waals surface area contributed by atoms with Crippen molar-refractivity contribution in [3.05, 3.63) is 18.3 Å². The normalized spacial score (nSPS) is 23.2. The van der Waals surface area contributed by atoms with Crippen LogP contribution in [0.15, 0.2) is 18.3 Å². The zero-order chi connectivity index (χ0) is 16.8. The summed E-state index contributed by atoms with van der Waals surface area (Å²) >= 11 is 0. The van der Waals surface area contributed by atoms with E-state index in [1.165, 1.54) is 12.8 Å². The van der Waals surface area contributed by atoms with E-state index in [0.29, 0.717) is 30.8 Å². The Morgan fingerprint density at radius 1 is 1.42 bits per heavy atom. The second kappa shape index (κ2) is 8.42. The molecular weight excluding hydrogens is 302 g/mol. The van der Waals surface area contributed by atoms with E-state index in [2.05, 4.69) is 32.7 Å². The first-order valence-electron chi connectivity index (χ1n) is 9.26. The Morgan fingerprint density at radius 2 is 2.25 bits per heavy atom. The van der Waals surface area contributed by atoms with Crippen LogP contribution in [-0.2, 0) is 4.79 Å². The van der Waals surface area contributed by atoms with Crippen molar-refractivity contribution < 1.29 is 4.79 Å². The molecule has 2 fully saturated rings. The molecule has 1 amide bonds. The molecule has 6 heteroatoms. The van der Waals surface area contributed by atoms with Gasteiger partial charge in [-0.1, -0.05) is 6.92 Å². The molecule has 1 aromatic heterocycles. The number of hydrogen-bond acceptors (Lipinski definition) is 5. The second-order valence-electron chi connectivity index (χ2n) is 7.14. The van der Waals surface area contributed by atoms with Gasteiger partial charge in [-0.3, -0.25) is 4.79 Å². The molecule has 0 aromatic carbocycles. The van der Waals surface area contributed by atoms with Crippen molar-refractivity contribution in [3.8, 4) is 0 Å². The topological polar surface area (TPSA) is 70.2 Å². The highest BCUT2D eigenvalue weighted by molar-refractivity contribution is 5.76. The van der Waals surface area contributed by atoms with Crippen molar-refractivity contribution in [2.45, 2.75) is 45.1 Å². The first-order valence-corrected chi connectivity index (χ1v) is 9.26. The molecule has 2 atom stereocenters. The third-order valence-electron chi connectivity index (χ3n) is 5.46. The van der Waals surface area contributed by atoms with E-state index >= 15 is 0 Å². The summed E-state index contributed by atoms with van der Waals surface area (Å²) in [4.78, 5) is 14.6. The zero-order valence-corrected chi connectivity index (χ0v) is 14.6. The number of carbonyl (C=O) groups excluding carboxylic acids is 1. The lowest BCUT2D eigenvalue weighted by Crippen LogP contribution is -2.41. The Hall–Kier alpha value is -1.69. The van der Waals surface area contributed by atoms with E-state index in [1.807, 2.05) is 12.1 Å². The van der Waals surface area contributed by atoms with Crippen molar-refractivity contribution in [2.24, 2.45) is 11.8 Å².